The van der Waals surface area contributed by atoms with E-state index in [0.717, 1.165) is 30.2 Å². The lowest BCUT2D eigenvalue weighted by molar-refractivity contribution is 0.0927. The lowest BCUT2D eigenvalue weighted by Crippen LogP contribution is -2.36. The Morgan fingerprint density at radius 1 is 1.00 bits per heavy atom. The lowest BCUT2D eigenvalue weighted by Gasteiger charge is -2.22. The average molecular weight is 437 g/mol. The van der Waals surface area contributed by atoms with Crippen molar-refractivity contribution >= 4 is 37.5 Å². The molecule has 1 aliphatic rings. The first kappa shape index (κ1) is 18.9. The van der Waals surface area contributed by atoms with E-state index >= 15 is 0 Å². The van der Waals surface area contributed by atoms with Crippen molar-refractivity contribution in [2.75, 3.05) is 4.72 Å². The zero-order valence-corrected chi connectivity index (χ0v) is 16.6. The molecule has 2 N–H and O–H groups in total. The number of nitrogens with one attached hydrogen (secondary N) is 2. The van der Waals surface area contributed by atoms with Crippen molar-refractivity contribution < 1.29 is 13.2 Å². The Labute approximate surface area is 162 Å². The predicted molar refractivity (Wildman–Crippen MR) is 106 cm³/mol. The summed E-state index contributed by atoms with van der Waals surface area (Å²) >= 11 is 3.31. The van der Waals surface area contributed by atoms with Gasteiger partial charge in [-0.2, -0.15) is 0 Å². The third-order valence-electron chi connectivity index (χ3n) is 4.44. The van der Waals surface area contributed by atoms with Gasteiger partial charge in [-0.3, -0.25) is 9.52 Å². The van der Waals surface area contributed by atoms with Gasteiger partial charge in [0.25, 0.3) is 15.9 Å². The molecule has 0 atom stereocenters. The van der Waals surface area contributed by atoms with Crippen molar-refractivity contribution in [1.82, 2.24) is 5.32 Å². The minimum Gasteiger partial charge on any atom is -0.349 e. The van der Waals surface area contributed by atoms with Crippen LogP contribution in [0.5, 0.6) is 0 Å². The molecule has 0 aliphatic heterocycles. The molecule has 1 aliphatic carbocycles. The van der Waals surface area contributed by atoms with Crippen LogP contribution in [0.2, 0.25) is 0 Å². The van der Waals surface area contributed by atoms with Gasteiger partial charge in [-0.1, -0.05) is 41.3 Å². The molecule has 0 heterocycles. The second kappa shape index (κ2) is 8.22. The number of carbonyl (C=O) groups excluding carboxylic acids is 1. The number of rotatable bonds is 5. The van der Waals surface area contributed by atoms with E-state index in [-0.39, 0.29) is 16.8 Å². The molecule has 2 aromatic carbocycles. The Morgan fingerprint density at radius 3 is 2.38 bits per heavy atom. The Kier molecular flexibility index (Phi) is 5.98. The van der Waals surface area contributed by atoms with Gasteiger partial charge in [-0.25, -0.2) is 8.42 Å². The van der Waals surface area contributed by atoms with E-state index < -0.39 is 10.0 Å². The van der Waals surface area contributed by atoms with Crippen LogP contribution in [0.25, 0.3) is 0 Å². The summed E-state index contributed by atoms with van der Waals surface area (Å²) in [5, 5.41) is 3.01. The molecular formula is C19H21BrN2O3S. The standard InChI is InChI=1S/C19H21BrN2O3S/c20-15-9-11-17(12-10-15)22-26(24,25)18-8-4-5-14(13-18)19(23)21-16-6-2-1-3-7-16/h4-5,8-13,16,22H,1-3,6-7H2,(H,21,23). The number of benzene rings is 2. The van der Waals surface area contributed by atoms with Crippen LogP contribution in [0, 0.1) is 0 Å². The molecule has 1 saturated carbocycles. The zero-order valence-electron chi connectivity index (χ0n) is 14.2. The van der Waals surface area contributed by atoms with Crippen molar-refractivity contribution in [2.45, 2.75) is 43.0 Å². The zero-order chi connectivity index (χ0) is 18.6. The highest BCUT2D eigenvalue weighted by molar-refractivity contribution is 9.10. The van der Waals surface area contributed by atoms with Crippen LogP contribution in [0.3, 0.4) is 0 Å². The summed E-state index contributed by atoms with van der Waals surface area (Å²) in [4.78, 5) is 12.5. The van der Waals surface area contributed by atoms with Crippen molar-refractivity contribution in [3.63, 3.8) is 0 Å². The SMILES string of the molecule is O=C(NC1CCCCC1)c1cccc(S(=O)(=O)Nc2ccc(Br)cc2)c1. The number of halogens is 1. The fourth-order valence-electron chi connectivity index (χ4n) is 3.05. The van der Waals surface area contributed by atoms with E-state index in [4.69, 9.17) is 0 Å². The predicted octanol–water partition coefficient (Wildman–Crippen LogP) is 4.31. The fourth-order valence-corrected chi connectivity index (χ4v) is 4.42. The van der Waals surface area contributed by atoms with Gasteiger partial charge in [0, 0.05) is 21.8 Å². The van der Waals surface area contributed by atoms with Gasteiger partial charge in [-0.15, -0.1) is 0 Å². The molecular weight excluding hydrogens is 416 g/mol. The summed E-state index contributed by atoms with van der Waals surface area (Å²) in [5.74, 6) is -0.224. The van der Waals surface area contributed by atoms with E-state index in [9.17, 15) is 13.2 Å². The Bertz CT molecular complexity index is 876. The van der Waals surface area contributed by atoms with Gasteiger partial charge >= 0.3 is 0 Å². The van der Waals surface area contributed by atoms with Crippen LogP contribution in [0.4, 0.5) is 5.69 Å². The summed E-state index contributed by atoms with van der Waals surface area (Å²) in [6.45, 7) is 0. The van der Waals surface area contributed by atoms with Crippen LogP contribution in [-0.4, -0.2) is 20.4 Å². The van der Waals surface area contributed by atoms with Crippen LogP contribution in [-0.2, 0) is 10.0 Å². The van der Waals surface area contributed by atoms with Gasteiger partial charge in [0.1, 0.15) is 0 Å². The average Bonchev–Trinajstić information content (AvgIpc) is 2.64. The topological polar surface area (TPSA) is 75.3 Å². The molecule has 7 heteroatoms. The quantitative estimate of drug-likeness (QED) is 0.732. The Balaban J connectivity index is 1.74. The number of hydrogen-bond acceptors (Lipinski definition) is 3. The van der Waals surface area contributed by atoms with Crippen LogP contribution in [0.15, 0.2) is 57.9 Å². The van der Waals surface area contributed by atoms with E-state index in [0.29, 0.717) is 11.3 Å². The number of amides is 1. The van der Waals surface area contributed by atoms with Crippen LogP contribution < -0.4 is 10.0 Å². The summed E-state index contributed by atoms with van der Waals surface area (Å²) in [6.07, 6.45) is 5.42. The molecule has 2 aromatic rings. The van der Waals surface area contributed by atoms with Crippen LogP contribution >= 0.6 is 15.9 Å². The number of sulfonamides is 1. The maximum absolute atomic E-state index is 12.6. The highest BCUT2D eigenvalue weighted by Crippen LogP contribution is 2.21. The third kappa shape index (κ3) is 4.86. The minimum atomic E-state index is -3.76. The molecule has 0 spiro atoms. The monoisotopic (exact) mass is 436 g/mol. The van der Waals surface area contributed by atoms with E-state index in [1.54, 1.807) is 36.4 Å². The van der Waals surface area contributed by atoms with Crippen LogP contribution in [0.1, 0.15) is 42.5 Å². The lowest BCUT2D eigenvalue weighted by atomic mass is 9.95. The summed E-state index contributed by atoms with van der Waals surface area (Å²) in [5.41, 5.74) is 0.819. The maximum Gasteiger partial charge on any atom is 0.261 e. The summed E-state index contributed by atoms with van der Waals surface area (Å²) in [6, 6.07) is 13.2. The molecule has 0 saturated heterocycles. The smallest absolute Gasteiger partial charge is 0.261 e. The molecule has 5 nitrogen and oxygen atoms in total. The number of carbonyl (C=O) groups is 1. The number of anilines is 1. The molecule has 1 amide bonds. The van der Waals surface area contributed by atoms with Crippen molar-refractivity contribution in [3.05, 3.63) is 58.6 Å². The van der Waals surface area contributed by atoms with Gasteiger partial charge in [0.15, 0.2) is 0 Å². The second-order valence-electron chi connectivity index (χ2n) is 6.45. The van der Waals surface area contributed by atoms with Gasteiger partial charge < -0.3 is 5.32 Å². The molecule has 3 rings (SSSR count). The molecule has 138 valence electrons. The largest absolute Gasteiger partial charge is 0.349 e. The first-order valence-corrected chi connectivity index (χ1v) is 10.9. The second-order valence-corrected chi connectivity index (χ2v) is 9.05. The van der Waals surface area contributed by atoms with E-state index in [2.05, 4.69) is 26.0 Å². The Hall–Kier alpha value is -1.86. The summed E-state index contributed by atoms with van der Waals surface area (Å²) in [7, 11) is -3.76. The third-order valence-corrected chi connectivity index (χ3v) is 6.35. The van der Waals surface area contributed by atoms with Gasteiger partial charge in [-0.05, 0) is 55.3 Å². The first-order valence-electron chi connectivity index (χ1n) is 8.63. The van der Waals surface area contributed by atoms with E-state index in [1.165, 1.54) is 18.6 Å². The highest BCUT2D eigenvalue weighted by Gasteiger charge is 2.19. The molecule has 0 unspecified atom stereocenters. The highest BCUT2D eigenvalue weighted by atomic mass is 79.9. The molecule has 0 radical (unpaired) electrons. The van der Waals surface area contributed by atoms with Crippen molar-refractivity contribution in [3.8, 4) is 0 Å². The Morgan fingerprint density at radius 2 is 1.69 bits per heavy atom. The van der Waals surface area contributed by atoms with Crippen molar-refractivity contribution in [1.29, 1.82) is 0 Å². The normalized spacial score (nSPS) is 15.4. The number of hydrogen-bond donors (Lipinski definition) is 2. The van der Waals surface area contributed by atoms with Gasteiger partial charge in [0.2, 0.25) is 0 Å². The minimum absolute atomic E-state index is 0.0664. The molecule has 1 fully saturated rings. The van der Waals surface area contributed by atoms with E-state index in [1.807, 2.05) is 0 Å². The van der Waals surface area contributed by atoms with Gasteiger partial charge in [0.05, 0.1) is 4.90 Å². The van der Waals surface area contributed by atoms with Crippen molar-refractivity contribution in [2.24, 2.45) is 0 Å². The summed E-state index contributed by atoms with van der Waals surface area (Å²) < 4.78 is 28.6. The fraction of sp³-hybridized carbons (Fsp3) is 0.316. The maximum atomic E-state index is 12.6. The first-order chi connectivity index (χ1) is 12.4. The molecule has 0 bridgehead atoms. The molecule has 0 aromatic heterocycles. The molecule has 26 heavy (non-hydrogen) atoms.